The topological polar surface area (TPSA) is 49.4 Å². The van der Waals surface area contributed by atoms with Gasteiger partial charge in [0.1, 0.15) is 5.82 Å². The van der Waals surface area contributed by atoms with E-state index in [-0.39, 0.29) is 16.6 Å². The van der Waals surface area contributed by atoms with Crippen LogP contribution < -0.4 is 4.72 Å². The van der Waals surface area contributed by atoms with E-state index in [0.717, 1.165) is 44.5 Å². The summed E-state index contributed by atoms with van der Waals surface area (Å²) in [5.74, 6) is 0.485. The molecule has 0 saturated carbocycles. The molecule has 0 aromatic heterocycles. The van der Waals surface area contributed by atoms with E-state index in [9.17, 15) is 12.8 Å². The molecule has 1 unspecified atom stereocenters. The predicted molar refractivity (Wildman–Crippen MR) is 140 cm³/mol. The lowest BCUT2D eigenvalue weighted by atomic mass is 9.88. The van der Waals surface area contributed by atoms with E-state index in [1.165, 1.54) is 5.56 Å². The van der Waals surface area contributed by atoms with Gasteiger partial charge in [-0.25, -0.2) is 17.5 Å². The summed E-state index contributed by atoms with van der Waals surface area (Å²) in [5, 5.41) is 0. The Bertz CT molecular complexity index is 1180. The Labute approximate surface area is 209 Å². The summed E-state index contributed by atoms with van der Waals surface area (Å²) in [7, 11) is -3.56. The van der Waals surface area contributed by atoms with Crippen LogP contribution in [-0.4, -0.2) is 39.5 Å². The predicted octanol–water partition coefficient (Wildman–Crippen LogP) is 5.86. The Morgan fingerprint density at radius 2 is 1.60 bits per heavy atom. The van der Waals surface area contributed by atoms with Gasteiger partial charge >= 0.3 is 0 Å². The van der Waals surface area contributed by atoms with Gasteiger partial charge in [-0.2, -0.15) is 0 Å². The molecular formula is C29H35FN2O2S. The molecule has 35 heavy (non-hydrogen) atoms. The number of sulfonamides is 1. The van der Waals surface area contributed by atoms with Crippen LogP contribution in [0.15, 0.2) is 83.8 Å². The summed E-state index contributed by atoms with van der Waals surface area (Å²) in [5.41, 5.74) is 2.98. The number of benzene rings is 3. The standard InChI is InChI=1S/C29H35FN2O2S/c1-23-12-13-27(22-29(23)30)25(14-18-31-35(33,34)28-10-6-3-7-11-28)15-19-32-20-16-26(17-21-32)24-8-4-2-5-9-24/h2-13,22,25-26,31H,14-21H2,1H3. The monoisotopic (exact) mass is 494 g/mol. The minimum atomic E-state index is -3.56. The lowest BCUT2D eigenvalue weighted by Crippen LogP contribution is -2.34. The van der Waals surface area contributed by atoms with Crippen LogP contribution in [0, 0.1) is 12.7 Å². The zero-order valence-electron chi connectivity index (χ0n) is 20.4. The molecule has 4 rings (SSSR count). The van der Waals surface area contributed by atoms with Crippen molar-refractivity contribution in [3.05, 3.63) is 101 Å². The molecule has 1 N–H and O–H groups in total. The first-order valence-electron chi connectivity index (χ1n) is 12.5. The van der Waals surface area contributed by atoms with Gasteiger partial charge in [0, 0.05) is 6.54 Å². The van der Waals surface area contributed by atoms with Crippen molar-refractivity contribution in [3.8, 4) is 0 Å². The molecule has 0 bridgehead atoms. The summed E-state index contributed by atoms with van der Waals surface area (Å²) < 4.78 is 42.3. The van der Waals surface area contributed by atoms with Gasteiger partial charge in [0.25, 0.3) is 0 Å². The average molecular weight is 495 g/mol. The smallest absolute Gasteiger partial charge is 0.240 e. The summed E-state index contributed by atoms with van der Waals surface area (Å²) in [4.78, 5) is 2.75. The van der Waals surface area contributed by atoms with Crippen molar-refractivity contribution >= 4 is 10.0 Å². The van der Waals surface area contributed by atoms with Crippen molar-refractivity contribution in [1.29, 1.82) is 0 Å². The normalized spacial score (nSPS) is 16.3. The molecule has 0 radical (unpaired) electrons. The zero-order valence-corrected chi connectivity index (χ0v) is 21.2. The van der Waals surface area contributed by atoms with E-state index in [1.807, 2.05) is 12.1 Å². The third kappa shape index (κ3) is 7.00. The van der Waals surface area contributed by atoms with Crippen LogP contribution in [0.3, 0.4) is 0 Å². The molecule has 3 aromatic carbocycles. The zero-order chi connectivity index (χ0) is 24.7. The van der Waals surface area contributed by atoms with E-state index in [2.05, 4.69) is 40.0 Å². The first kappa shape index (κ1) is 25.5. The summed E-state index contributed by atoms with van der Waals surface area (Å²) in [6.45, 7) is 5.10. The van der Waals surface area contributed by atoms with Gasteiger partial charge in [-0.05, 0) is 99.0 Å². The summed E-state index contributed by atoms with van der Waals surface area (Å²) in [6, 6.07) is 24.6. The van der Waals surface area contributed by atoms with Crippen molar-refractivity contribution in [2.45, 2.75) is 49.3 Å². The van der Waals surface area contributed by atoms with E-state index >= 15 is 0 Å². The number of piperidine rings is 1. The van der Waals surface area contributed by atoms with Gasteiger partial charge in [0.15, 0.2) is 0 Å². The second-order valence-electron chi connectivity index (χ2n) is 9.52. The Morgan fingerprint density at radius 1 is 0.943 bits per heavy atom. The number of halogens is 1. The van der Waals surface area contributed by atoms with Gasteiger partial charge in [-0.1, -0.05) is 60.7 Å². The lowest BCUT2D eigenvalue weighted by Gasteiger charge is -2.33. The fourth-order valence-electron chi connectivity index (χ4n) is 4.94. The average Bonchev–Trinajstić information content (AvgIpc) is 2.89. The van der Waals surface area contributed by atoms with Gasteiger partial charge in [-0.3, -0.25) is 0 Å². The van der Waals surface area contributed by atoms with E-state index in [0.29, 0.717) is 24.4 Å². The molecule has 1 atom stereocenters. The van der Waals surface area contributed by atoms with Crippen molar-refractivity contribution in [2.24, 2.45) is 0 Å². The number of nitrogens with zero attached hydrogens (tertiary/aromatic N) is 1. The second kappa shape index (κ2) is 11.9. The number of hydrogen-bond acceptors (Lipinski definition) is 3. The highest BCUT2D eigenvalue weighted by atomic mass is 32.2. The molecule has 1 saturated heterocycles. The summed E-state index contributed by atoms with van der Waals surface area (Å²) in [6.07, 6.45) is 3.77. The number of likely N-dealkylation sites (tertiary alicyclic amines) is 1. The molecule has 3 aromatic rings. The molecule has 186 valence electrons. The minimum absolute atomic E-state index is 0.0791. The van der Waals surface area contributed by atoms with Crippen LogP contribution in [0.1, 0.15) is 54.2 Å². The molecule has 1 aliphatic rings. The van der Waals surface area contributed by atoms with E-state index < -0.39 is 10.0 Å². The van der Waals surface area contributed by atoms with Crippen LogP contribution in [0.4, 0.5) is 4.39 Å². The molecule has 4 nitrogen and oxygen atoms in total. The first-order chi connectivity index (χ1) is 16.9. The quantitative estimate of drug-likeness (QED) is 0.384. The molecule has 1 heterocycles. The maximum Gasteiger partial charge on any atom is 0.240 e. The molecule has 0 aliphatic carbocycles. The number of nitrogens with one attached hydrogen (secondary N) is 1. The second-order valence-corrected chi connectivity index (χ2v) is 11.3. The third-order valence-corrected chi connectivity index (χ3v) is 8.63. The molecular weight excluding hydrogens is 459 g/mol. The Morgan fingerprint density at radius 3 is 2.26 bits per heavy atom. The Hall–Kier alpha value is -2.54. The lowest BCUT2D eigenvalue weighted by molar-refractivity contribution is 0.204. The van der Waals surface area contributed by atoms with Crippen molar-refractivity contribution in [1.82, 2.24) is 9.62 Å². The van der Waals surface area contributed by atoms with Crippen LogP contribution in [-0.2, 0) is 10.0 Å². The van der Waals surface area contributed by atoms with E-state index in [1.54, 1.807) is 43.3 Å². The highest BCUT2D eigenvalue weighted by Gasteiger charge is 2.22. The molecule has 6 heteroatoms. The van der Waals surface area contributed by atoms with Crippen LogP contribution >= 0.6 is 0 Å². The highest BCUT2D eigenvalue weighted by Crippen LogP contribution is 2.30. The van der Waals surface area contributed by atoms with Crippen molar-refractivity contribution in [2.75, 3.05) is 26.2 Å². The fraction of sp³-hybridized carbons (Fsp3) is 0.379. The van der Waals surface area contributed by atoms with Crippen molar-refractivity contribution in [3.63, 3.8) is 0 Å². The van der Waals surface area contributed by atoms with Gasteiger partial charge < -0.3 is 4.90 Å². The number of aryl methyl sites for hydroxylation is 1. The van der Waals surface area contributed by atoms with Crippen LogP contribution in [0.2, 0.25) is 0 Å². The van der Waals surface area contributed by atoms with E-state index in [4.69, 9.17) is 0 Å². The fourth-order valence-corrected chi connectivity index (χ4v) is 6.01. The number of hydrogen-bond donors (Lipinski definition) is 1. The maximum atomic E-state index is 14.3. The molecule has 0 spiro atoms. The summed E-state index contributed by atoms with van der Waals surface area (Å²) >= 11 is 0. The largest absolute Gasteiger partial charge is 0.303 e. The van der Waals surface area contributed by atoms with Gasteiger partial charge in [0.05, 0.1) is 4.90 Å². The molecule has 1 aliphatic heterocycles. The number of rotatable bonds is 10. The van der Waals surface area contributed by atoms with Crippen LogP contribution in [0.25, 0.3) is 0 Å². The van der Waals surface area contributed by atoms with Crippen LogP contribution in [0.5, 0.6) is 0 Å². The minimum Gasteiger partial charge on any atom is -0.303 e. The molecule has 1 fully saturated rings. The van der Waals surface area contributed by atoms with Gasteiger partial charge in [0.2, 0.25) is 10.0 Å². The Kier molecular flexibility index (Phi) is 8.71. The molecule has 0 amide bonds. The Balaban J connectivity index is 1.36. The van der Waals surface area contributed by atoms with Crippen molar-refractivity contribution < 1.29 is 12.8 Å². The third-order valence-electron chi connectivity index (χ3n) is 7.16. The SMILES string of the molecule is Cc1ccc(C(CCNS(=O)(=O)c2ccccc2)CCN2CCC(c3ccccc3)CC2)cc1F. The first-order valence-corrected chi connectivity index (χ1v) is 14.0. The van der Waals surface area contributed by atoms with Gasteiger partial charge in [-0.15, -0.1) is 0 Å². The maximum absolute atomic E-state index is 14.3. The highest BCUT2D eigenvalue weighted by molar-refractivity contribution is 7.89.